The second kappa shape index (κ2) is 31.8. The van der Waals surface area contributed by atoms with Gasteiger partial charge in [-0.2, -0.15) is 10.5 Å². The monoisotopic (exact) mass is 1590 g/mol. The average Bonchev–Trinajstić information content (AvgIpc) is 1.50. The number of thiophene rings is 6. The molecule has 6 aromatic heterocycles. The molecular weight excluding hydrogens is 1520 g/mol. The van der Waals surface area contributed by atoms with Crippen molar-refractivity contribution in [1.82, 2.24) is 0 Å². The topological polar surface area (TPSA) is 128 Å². The van der Waals surface area contributed by atoms with Crippen LogP contribution in [0.4, 0.5) is 17.6 Å². The van der Waals surface area contributed by atoms with Crippen LogP contribution in [0.15, 0.2) is 156 Å². The maximum atomic E-state index is 15.2. The Morgan fingerprint density at radius 3 is 1.06 bits per heavy atom. The van der Waals surface area contributed by atoms with E-state index in [0.29, 0.717) is 21.3 Å². The second-order valence-electron chi connectivity index (χ2n) is 29.4. The number of fused-ring (bicyclic) bond motifs is 15. The lowest BCUT2D eigenvalue weighted by atomic mass is 9.78. The Balaban J connectivity index is 0.936. The number of ketones is 2. The third-order valence-corrected chi connectivity index (χ3v) is 29.8. The summed E-state index contributed by atoms with van der Waals surface area (Å²) in [5, 5.41) is 31.1. The minimum atomic E-state index is -1.32. The van der Waals surface area contributed by atoms with E-state index in [1.54, 1.807) is 57.5 Å². The quantitative estimate of drug-likeness (QED) is 0.0174. The summed E-state index contributed by atoms with van der Waals surface area (Å²) in [6.45, 7) is 16.9. The molecule has 2 aliphatic heterocycles. The number of hydrogen-bond donors (Lipinski definition) is 0. The van der Waals surface area contributed by atoms with Gasteiger partial charge in [-0.05, 0) is 133 Å². The molecule has 4 aliphatic rings. The normalized spacial score (nSPS) is 15.4. The molecule has 0 radical (unpaired) electrons. The molecule has 560 valence electrons. The van der Waals surface area contributed by atoms with E-state index in [4.69, 9.17) is 16.0 Å². The summed E-state index contributed by atoms with van der Waals surface area (Å²) >= 11 is 9.40. The number of nitriles is 3. The molecule has 0 N–H and O–H groups in total. The molecule has 112 heavy (non-hydrogen) atoms. The van der Waals surface area contributed by atoms with Gasteiger partial charge in [0.15, 0.2) is 57.5 Å². The molecular formula is C94H76F4N4O4S6. The Labute approximate surface area is 673 Å². The number of hydrogen-bond acceptors (Lipinski definition) is 13. The largest absolute Gasteiger partial charge is 0.470 e. The number of unbranched alkanes of at least 4 members (excludes halogenated alkanes) is 12. The van der Waals surface area contributed by atoms with Crippen LogP contribution < -0.4 is 9.47 Å². The van der Waals surface area contributed by atoms with Crippen molar-refractivity contribution in [2.45, 2.75) is 167 Å². The number of carbonyl (C=O) groups is 2. The van der Waals surface area contributed by atoms with E-state index >= 15 is 17.6 Å². The van der Waals surface area contributed by atoms with Crippen molar-refractivity contribution < 1.29 is 36.6 Å². The van der Waals surface area contributed by atoms with Crippen molar-refractivity contribution in [3.63, 3.8) is 0 Å². The van der Waals surface area contributed by atoms with E-state index in [0.717, 1.165) is 234 Å². The van der Waals surface area contributed by atoms with Crippen LogP contribution in [0.5, 0.6) is 11.5 Å². The van der Waals surface area contributed by atoms with Gasteiger partial charge in [-0.1, -0.05) is 202 Å². The number of rotatable bonds is 26. The number of Topliss-reactive ketones (excluding diaryl/α,β-unsaturated/α-hetero) is 2. The zero-order chi connectivity index (χ0) is 77.7. The molecule has 8 nitrogen and oxygen atoms in total. The lowest BCUT2D eigenvalue weighted by Crippen LogP contribution is -2.38. The van der Waals surface area contributed by atoms with Gasteiger partial charge in [-0.3, -0.25) is 9.59 Å². The van der Waals surface area contributed by atoms with Gasteiger partial charge in [0.05, 0.1) is 50.9 Å². The van der Waals surface area contributed by atoms with E-state index in [2.05, 4.69) is 130 Å². The van der Waals surface area contributed by atoms with E-state index in [1.807, 2.05) is 30.3 Å². The van der Waals surface area contributed by atoms with E-state index in [1.165, 1.54) is 44.9 Å². The number of allylic oxidation sites excluding steroid dienone is 6. The van der Waals surface area contributed by atoms with Crippen LogP contribution in [0.3, 0.4) is 0 Å². The van der Waals surface area contributed by atoms with Gasteiger partial charge in [0, 0.05) is 86.0 Å². The molecule has 2 aliphatic carbocycles. The Morgan fingerprint density at radius 2 is 0.741 bits per heavy atom. The molecule has 0 fully saturated rings. The number of ether oxygens (including phenoxy) is 2. The molecule has 0 spiro atoms. The Hall–Kier alpha value is -10.1. The highest BCUT2D eigenvalue weighted by Gasteiger charge is 2.53. The first kappa shape index (κ1) is 75.9. The highest BCUT2D eigenvalue weighted by atomic mass is 32.1. The molecule has 0 atom stereocenters. The first-order chi connectivity index (χ1) is 54.6. The van der Waals surface area contributed by atoms with Gasteiger partial charge in [0.25, 0.3) is 5.70 Å². The van der Waals surface area contributed by atoms with Crippen molar-refractivity contribution in [2.75, 3.05) is 0 Å². The third kappa shape index (κ3) is 13.2. The van der Waals surface area contributed by atoms with Crippen molar-refractivity contribution in [1.29, 1.82) is 15.8 Å². The van der Waals surface area contributed by atoms with E-state index in [-0.39, 0.29) is 44.5 Å². The number of nitrogens with zero attached hydrogens (tertiary/aromatic N) is 4. The van der Waals surface area contributed by atoms with Gasteiger partial charge >= 0.3 is 0 Å². The smallest absolute Gasteiger partial charge is 0.270 e. The molecule has 12 aromatic rings. The zero-order valence-electron chi connectivity index (χ0n) is 62.4. The summed E-state index contributed by atoms with van der Waals surface area (Å²) in [5.74, 6) is -4.69. The Bertz CT molecular complexity index is 5590. The van der Waals surface area contributed by atoms with Gasteiger partial charge in [0.2, 0.25) is 0 Å². The summed E-state index contributed by atoms with van der Waals surface area (Å²) in [6.07, 6.45) is 24.7. The van der Waals surface area contributed by atoms with Crippen LogP contribution in [0.1, 0.15) is 228 Å². The summed E-state index contributed by atoms with van der Waals surface area (Å²) in [7, 11) is 0. The molecule has 0 unspecified atom stereocenters. The van der Waals surface area contributed by atoms with E-state index in [9.17, 15) is 25.4 Å². The Kier molecular flexibility index (Phi) is 21.6. The number of aryl methyl sites for hydroxylation is 4. The van der Waals surface area contributed by atoms with Crippen LogP contribution >= 0.6 is 68.0 Å². The average molecular weight is 1590 g/mol. The minimum Gasteiger partial charge on any atom is -0.470 e. The molecule has 0 amide bonds. The zero-order valence-corrected chi connectivity index (χ0v) is 67.3. The van der Waals surface area contributed by atoms with Crippen LogP contribution in [-0.4, -0.2) is 11.6 Å². The fraction of sp³-hybridized carbons (Fsp3) is 0.277. The van der Waals surface area contributed by atoms with Crippen LogP contribution in [0.2, 0.25) is 0 Å². The molecule has 0 saturated heterocycles. The Morgan fingerprint density at radius 1 is 0.411 bits per heavy atom. The van der Waals surface area contributed by atoms with Crippen LogP contribution in [0, 0.1) is 63.8 Å². The van der Waals surface area contributed by atoms with Gasteiger partial charge in [-0.15, -0.1) is 68.0 Å². The number of halogens is 4. The van der Waals surface area contributed by atoms with Crippen LogP contribution in [-0.2, 0) is 36.9 Å². The van der Waals surface area contributed by atoms with Gasteiger partial charge < -0.3 is 9.47 Å². The summed E-state index contributed by atoms with van der Waals surface area (Å²) < 4.78 is 82.4. The van der Waals surface area contributed by atoms with Crippen molar-refractivity contribution in [3.05, 3.63) is 278 Å². The summed E-state index contributed by atoms with van der Waals surface area (Å²) in [5.41, 5.74) is 6.40. The second-order valence-corrected chi connectivity index (χ2v) is 35.7. The fourth-order valence-electron chi connectivity index (χ4n) is 16.5. The first-order valence-electron chi connectivity index (χ1n) is 38.7. The highest BCUT2D eigenvalue weighted by Crippen LogP contribution is 2.69. The summed E-state index contributed by atoms with van der Waals surface area (Å²) in [4.78, 5) is 37.7. The van der Waals surface area contributed by atoms with Gasteiger partial charge in [0.1, 0.15) is 17.7 Å². The molecule has 8 heterocycles. The SMILES string of the molecule is [C-]#[N+]C(C#N)=C1/C(=C\c2cc3sc4c(c3s2)C(c2ccc(CCCCCC)cc2)(c2ccc(CCCCCC)cc2)Oc2c-4sc3c4c(sc23)-c2sc3cc(/C=C5/C(=O)c6cc(F)c(F)cc6C5=C(C#N)C#N)sc3c2C(c2ccc(CCCCCC)cc2)(c2ccc(CCCCCC)cc2)O4)C(=O)c2cc(F)c(F)cc21. The number of carbonyl (C=O) groups excluding carboxylic acids is 2. The molecule has 6 aromatic carbocycles. The van der Waals surface area contributed by atoms with Crippen molar-refractivity contribution in [2.24, 2.45) is 0 Å². The third-order valence-electron chi connectivity index (χ3n) is 22.2. The number of benzene rings is 6. The first-order valence-corrected chi connectivity index (χ1v) is 43.6. The van der Waals surface area contributed by atoms with Crippen molar-refractivity contribution in [3.8, 4) is 49.2 Å². The van der Waals surface area contributed by atoms with Crippen molar-refractivity contribution >= 4 is 131 Å². The molecule has 0 bridgehead atoms. The summed E-state index contributed by atoms with van der Waals surface area (Å²) in [6, 6.07) is 48.8. The van der Waals surface area contributed by atoms with E-state index < -0.39 is 57.3 Å². The highest BCUT2D eigenvalue weighted by molar-refractivity contribution is 7.37. The maximum absolute atomic E-state index is 15.2. The van der Waals surface area contributed by atoms with Gasteiger partial charge in [-0.25, -0.2) is 27.7 Å². The predicted molar refractivity (Wildman–Crippen MR) is 450 cm³/mol. The predicted octanol–water partition coefficient (Wildman–Crippen LogP) is 27.8. The van der Waals surface area contributed by atoms with Crippen LogP contribution in [0.25, 0.3) is 75.9 Å². The molecule has 18 heteroatoms. The minimum absolute atomic E-state index is 0.00520. The standard InChI is InChI=1S/C94H76F4N4O4S6/c1-6-10-14-18-22-53-26-34-58(35-27-53)93(59-36-28-54(29-37-59)23-19-15-11-7-2)79-85-75(44-62(107-85)42-68-77(57(50-99)51-100)64-46-70(95)72(97)48-66(64)81(68)103)109-87(79)89-83(105-93)91-92(111-89)84-90(112-91)88-80(86-76(110-88)45-63(108-86)43-69-78(74(52-101)102-5)65-47-71(96)73(98)49-67(65)82(69)104)94(106-84,60-38-30-55(31-39-60)24-20-16-12-8-3)61-40-32-56(33-41-61)25-21-17-13-9-4/h26-49H,6-25H2,1-4H3/b68-42+,69-43+,78-74?. The maximum Gasteiger partial charge on any atom is 0.270 e. The molecule has 0 saturated carbocycles. The lowest BCUT2D eigenvalue weighted by molar-refractivity contribution is 0.103. The molecule has 16 rings (SSSR count). The fourth-order valence-corrected chi connectivity index (χ4v) is 24.8. The lowest BCUT2D eigenvalue weighted by Gasteiger charge is -2.39.